The number of fused-ring (bicyclic) bond motifs is 1. The zero-order valence-corrected chi connectivity index (χ0v) is 39.4. The molecular formula is C51H73N11O3. The fourth-order valence-corrected chi connectivity index (χ4v) is 8.53. The minimum atomic E-state index is 0.0749. The number of primary amides is 1. The maximum atomic E-state index is 10.5. The van der Waals surface area contributed by atoms with Crippen LogP contribution in [-0.2, 0) is 15.0 Å². The Labute approximate surface area is 386 Å². The molecule has 4 aromatic rings. The van der Waals surface area contributed by atoms with Crippen molar-refractivity contribution < 1.29 is 14.4 Å². The van der Waals surface area contributed by atoms with Gasteiger partial charge in [0.05, 0.1) is 17.3 Å². The molecule has 2 aromatic heterocycles. The molecule has 4 heterocycles. The van der Waals surface area contributed by atoms with Crippen molar-refractivity contribution in [3.05, 3.63) is 101 Å². The van der Waals surface area contributed by atoms with E-state index in [0.29, 0.717) is 29.6 Å². The number of aliphatic imine (C=N–C) groups is 1. The van der Waals surface area contributed by atoms with Crippen molar-refractivity contribution in [3.8, 4) is 6.07 Å². The largest absolute Gasteiger partial charge is 0.398 e. The van der Waals surface area contributed by atoms with Crippen molar-refractivity contribution in [1.29, 1.82) is 5.26 Å². The van der Waals surface area contributed by atoms with Crippen LogP contribution in [0.3, 0.4) is 0 Å². The van der Waals surface area contributed by atoms with E-state index in [9.17, 15) is 9.59 Å². The first-order valence-electron chi connectivity index (χ1n) is 23.1. The Hall–Kier alpha value is -6.04. The van der Waals surface area contributed by atoms with Gasteiger partial charge < -0.3 is 37.2 Å². The van der Waals surface area contributed by atoms with Gasteiger partial charge in [0.2, 0.25) is 12.8 Å². The fraction of sp³-hybridized carbons (Fsp3) is 0.490. The van der Waals surface area contributed by atoms with Crippen molar-refractivity contribution in [3.63, 3.8) is 0 Å². The minimum absolute atomic E-state index is 0.0749. The van der Waals surface area contributed by atoms with E-state index in [0.717, 1.165) is 79.4 Å². The summed E-state index contributed by atoms with van der Waals surface area (Å²) in [5.74, 6) is 1.29. The molecule has 65 heavy (non-hydrogen) atoms. The van der Waals surface area contributed by atoms with E-state index in [1.54, 1.807) is 18.2 Å². The van der Waals surface area contributed by atoms with Gasteiger partial charge in [-0.05, 0) is 109 Å². The highest BCUT2D eigenvalue weighted by atomic mass is 16.1. The van der Waals surface area contributed by atoms with Gasteiger partial charge in [0, 0.05) is 93.4 Å². The first-order valence-corrected chi connectivity index (χ1v) is 23.1. The van der Waals surface area contributed by atoms with Gasteiger partial charge in [0.1, 0.15) is 11.8 Å². The number of anilines is 3. The topological polar surface area (TPSA) is 199 Å². The molecule has 0 spiro atoms. The molecule has 2 amide bonds. The van der Waals surface area contributed by atoms with Crippen LogP contribution in [-0.4, -0.2) is 98.7 Å². The number of nitriles is 1. The summed E-state index contributed by atoms with van der Waals surface area (Å²) >= 11 is 0. The molecule has 7 N–H and O–H groups in total. The highest BCUT2D eigenvalue weighted by Crippen LogP contribution is 2.33. The predicted octanol–water partition coefficient (Wildman–Crippen LogP) is 7.43. The number of aromatic nitrogens is 2. The molecule has 2 saturated heterocycles. The van der Waals surface area contributed by atoms with Crippen LogP contribution in [0.1, 0.15) is 124 Å². The van der Waals surface area contributed by atoms with E-state index >= 15 is 0 Å². The monoisotopic (exact) mass is 888 g/mol. The molecule has 1 aliphatic carbocycles. The van der Waals surface area contributed by atoms with E-state index in [1.165, 1.54) is 92.1 Å². The molecule has 2 aliphatic heterocycles. The van der Waals surface area contributed by atoms with Gasteiger partial charge in [-0.25, -0.2) is 4.52 Å². The van der Waals surface area contributed by atoms with Crippen LogP contribution in [0, 0.1) is 17.2 Å². The molecular weight excluding hydrogens is 815 g/mol. The number of nitrogens with one attached hydrogen (secondary N) is 3. The smallest absolute Gasteiger partial charge is 0.211 e. The van der Waals surface area contributed by atoms with Gasteiger partial charge in [-0.1, -0.05) is 65.7 Å². The van der Waals surface area contributed by atoms with Crippen LogP contribution >= 0.6 is 0 Å². The molecule has 0 radical (unpaired) electrons. The Morgan fingerprint density at radius 2 is 1.72 bits per heavy atom. The molecule has 1 atom stereocenters. The Morgan fingerprint density at radius 3 is 2.35 bits per heavy atom. The number of piperazine rings is 1. The molecule has 7 rings (SSSR count). The number of amides is 2. The summed E-state index contributed by atoms with van der Waals surface area (Å²) in [6.45, 7) is 21.1. The number of carbonyl (C=O) groups is 3. The zero-order chi connectivity index (χ0) is 47.2. The van der Waals surface area contributed by atoms with Crippen LogP contribution in [0.25, 0.3) is 5.52 Å². The molecule has 14 heteroatoms. The van der Waals surface area contributed by atoms with Crippen molar-refractivity contribution in [2.24, 2.45) is 16.6 Å². The van der Waals surface area contributed by atoms with Gasteiger partial charge in [-0.2, -0.15) is 10.4 Å². The number of piperidine rings is 1. The Balaban J connectivity index is 0.000000219. The van der Waals surface area contributed by atoms with Gasteiger partial charge in [0.15, 0.2) is 6.29 Å². The highest BCUT2D eigenvalue weighted by Gasteiger charge is 2.23. The lowest BCUT2D eigenvalue weighted by Crippen LogP contribution is -2.46. The van der Waals surface area contributed by atoms with Gasteiger partial charge in [0.25, 0.3) is 0 Å². The SMILES string of the molecule is C=C(CCC(C)c1cccc(N2CCC(CN3CCNCC3)CC2)c1)NC=O.CNc1cc(C=NC2CCCCC2)c(N)cc1C(C)(C)C.N#Cc1cnn2c(C=O)ccc2c1.NC=O. The number of allylic oxidation sites excluding steroid dienone is 1. The summed E-state index contributed by atoms with van der Waals surface area (Å²) in [5, 5.41) is 21.9. The standard InChI is InChI=1S/C23H36N4O.C18H29N3.C9H5N3O.CH3NO/c1-19(6-7-20(2)25-18-28)22-4-3-5-23(16-22)27-12-8-21(9-13-27)17-26-14-10-24-11-15-26;1-18(2,3)15-11-16(19)13(10-17(15)20-4)12-21-14-8-6-5-7-9-14;10-4-7-3-8-1-2-9(6-13)12(8)11-5-7;2-1-3/h3-5,16,18-19,21,24H,2,6-15,17H2,1H3,(H,25,28);10-12,14,20H,5-9,19H2,1-4H3;1-3,5-6H;1H,(H2,2,3). The van der Waals surface area contributed by atoms with Crippen LogP contribution in [0.2, 0.25) is 0 Å². The third-order valence-corrected chi connectivity index (χ3v) is 12.4. The van der Waals surface area contributed by atoms with E-state index in [-0.39, 0.29) is 11.8 Å². The Kier molecular flexibility index (Phi) is 21.2. The lowest BCUT2D eigenvalue weighted by Gasteiger charge is -2.37. The molecule has 3 aliphatic rings. The van der Waals surface area contributed by atoms with Crippen LogP contribution in [0.5, 0.6) is 0 Å². The second kappa shape index (κ2) is 26.7. The summed E-state index contributed by atoms with van der Waals surface area (Å²) in [4.78, 5) is 39.5. The summed E-state index contributed by atoms with van der Waals surface area (Å²) in [5.41, 5.74) is 20.0. The zero-order valence-electron chi connectivity index (χ0n) is 39.4. The molecule has 350 valence electrons. The van der Waals surface area contributed by atoms with E-state index in [4.69, 9.17) is 20.8 Å². The number of nitrogen functional groups attached to an aromatic ring is 1. The molecule has 14 nitrogen and oxygen atoms in total. The van der Waals surface area contributed by atoms with Gasteiger partial charge >= 0.3 is 0 Å². The second-order valence-electron chi connectivity index (χ2n) is 18.2. The maximum Gasteiger partial charge on any atom is 0.211 e. The molecule has 3 fully saturated rings. The number of benzene rings is 2. The maximum absolute atomic E-state index is 10.5. The third-order valence-electron chi connectivity index (χ3n) is 12.4. The molecule has 1 unspecified atom stereocenters. The van der Waals surface area contributed by atoms with E-state index < -0.39 is 0 Å². The van der Waals surface area contributed by atoms with Crippen molar-refractivity contribution in [2.45, 2.75) is 103 Å². The quantitative estimate of drug-likeness (QED) is 0.0511. The number of rotatable bonds is 13. The van der Waals surface area contributed by atoms with Crippen molar-refractivity contribution >= 4 is 47.9 Å². The number of nitrogens with two attached hydrogens (primary N) is 2. The van der Waals surface area contributed by atoms with Gasteiger partial charge in [-0.3, -0.25) is 19.4 Å². The number of carbonyl (C=O) groups excluding carboxylic acids is 3. The second-order valence-corrected chi connectivity index (χ2v) is 18.2. The van der Waals surface area contributed by atoms with E-state index in [1.807, 2.05) is 19.3 Å². The lowest BCUT2D eigenvalue weighted by atomic mass is 9.84. The summed E-state index contributed by atoms with van der Waals surface area (Å²) in [6, 6.07) is 20.8. The van der Waals surface area contributed by atoms with Crippen LogP contribution < -0.4 is 32.3 Å². The Bertz CT molecular complexity index is 2190. The minimum Gasteiger partial charge on any atom is -0.398 e. The number of aldehydes is 1. The lowest BCUT2D eigenvalue weighted by molar-refractivity contribution is -0.109. The predicted molar refractivity (Wildman–Crippen MR) is 266 cm³/mol. The Morgan fingerprint density at radius 1 is 1.02 bits per heavy atom. The summed E-state index contributed by atoms with van der Waals surface area (Å²) < 4.78 is 1.49. The summed E-state index contributed by atoms with van der Waals surface area (Å²) in [7, 11) is 1.96. The number of hydrogen-bond donors (Lipinski definition) is 5. The third kappa shape index (κ3) is 16.5. The van der Waals surface area contributed by atoms with Crippen molar-refractivity contribution in [1.82, 2.24) is 25.1 Å². The molecule has 1 saturated carbocycles. The number of nitrogens with zero attached hydrogens (tertiary/aromatic N) is 6. The van der Waals surface area contributed by atoms with E-state index in [2.05, 4.69) is 107 Å². The normalized spacial score (nSPS) is 16.3. The first-order chi connectivity index (χ1) is 31.3. The number of hydrogen-bond acceptors (Lipinski definition) is 11. The fourth-order valence-electron chi connectivity index (χ4n) is 8.53. The van der Waals surface area contributed by atoms with Crippen LogP contribution in [0.4, 0.5) is 17.1 Å². The average Bonchev–Trinajstić information content (AvgIpc) is 3.74. The molecule has 2 aromatic carbocycles. The first kappa shape index (κ1) is 51.6. The van der Waals surface area contributed by atoms with Gasteiger partial charge in [-0.15, -0.1) is 0 Å². The van der Waals surface area contributed by atoms with Crippen LogP contribution in [0.15, 0.2) is 78.1 Å². The molecule has 0 bridgehead atoms. The summed E-state index contributed by atoms with van der Waals surface area (Å²) in [6.07, 6.45) is 15.9. The van der Waals surface area contributed by atoms with Crippen molar-refractivity contribution in [2.75, 3.05) is 68.8 Å². The highest BCUT2D eigenvalue weighted by molar-refractivity contribution is 5.89. The average molecular weight is 888 g/mol.